The van der Waals surface area contributed by atoms with Crippen molar-refractivity contribution in [2.75, 3.05) is 0 Å². The van der Waals surface area contributed by atoms with Crippen molar-refractivity contribution in [1.82, 2.24) is 5.32 Å². The predicted molar refractivity (Wildman–Crippen MR) is 71.4 cm³/mol. The molecule has 3 rings (SSSR count). The maximum Gasteiger partial charge on any atom is 0.123 e. The van der Waals surface area contributed by atoms with Gasteiger partial charge in [0, 0.05) is 12.1 Å². The highest BCUT2D eigenvalue weighted by Crippen LogP contribution is 2.28. The van der Waals surface area contributed by atoms with Crippen molar-refractivity contribution >= 4 is 12.4 Å². The Hall–Kier alpha value is -0.640. The van der Waals surface area contributed by atoms with Crippen LogP contribution in [0.3, 0.4) is 0 Å². The Bertz CT molecular complexity index is 372. The molecular formula is C14H19ClFNO. The molecule has 2 saturated heterocycles. The standard InChI is InChI=1S/C14H18FNO.ClH/c15-11-3-1-10(2-4-11)9-17-14-7-12-5-6-13(8-14)16-12;/h1-4,12-14,16H,5-9H2;1H/t12-,13+,14+;. The van der Waals surface area contributed by atoms with Crippen LogP contribution in [0.2, 0.25) is 0 Å². The summed E-state index contributed by atoms with van der Waals surface area (Å²) in [4.78, 5) is 0. The number of fused-ring (bicyclic) bond motifs is 2. The van der Waals surface area contributed by atoms with Gasteiger partial charge in [-0.2, -0.15) is 0 Å². The van der Waals surface area contributed by atoms with Gasteiger partial charge in [0.2, 0.25) is 0 Å². The molecule has 2 fully saturated rings. The Morgan fingerprint density at radius 1 is 1.11 bits per heavy atom. The van der Waals surface area contributed by atoms with E-state index in [1.54, 1.807) is 12.1 Å². The summed E-state index contributed by atoms with van der Waals surface area (Å²) in [7, 11) is 0. The summed E-state index contributed by atoms with van der Waals surface area (Å²) in [5, 5.41) is 3.60. The molecular weight excluding hydrogens is 253 g/mol. The Morgan fingerprint density at radius 2 is 1.72 bits per heavy atom. The summed E-state index contributed by atoms with van der Waals surface area (Å²) in [6, 6.07) is 7.89. The number of benzene rings is 1. The Balaban J connectivity index is 0.00000120. The van der Waals surface area contributed by atoms with E-state index >= 15 is 0 Å². The number of piperidine rings is 1. The van der Waals surface area contributed by atoms with Crippen molar-refractivity contribution in [3.05, 3.63) is 35.6 Å². The molecule has 2 bridgehead atoms. The van der Waals surface area contributed by atoms with Crippen LogP contribution in [0.4, 0.5) is 4.39 Å². The first-order chi connectivity index (χ1) is 8.29. The van der Waals surface area contributed by atoms with Gasteiger partial charge in [0.05, 0.1) is 12.7 Å². The van der Waals surface area contributed by atoms with Crippen LogP contribution in [0.15, 0.2) is 24.3 Å². The van der Waals surface area contributed by atoms with Gasteiger partial charge in [-0.15, -0.1) is 12.4 Å². The summed E-state index contributed by atoms with van der Waals surface area (Å²) in [5.41, 5.74) is 1.05. The van der Waals surface area contributed by atoms with Crippen LogP contribution in [0.5, 0.6) is 0 Å². The molecule has 0 radical (unpaired) electrons. The van der Waals surface area contributed by atoms with E-state index in [2.05, 4.69) is 5.32 Å². The number of rotatable bonds is 3. The van der Waals surface area contributed by atoms with E-state index in [0.717, 1.165) is 18.4 Å². The molecule has 0 aromatic heterocycles. The van der Waals surface area contributed by atoms with Gasteiger partial charge in [0.1, 0.15) is 5.82 Å². The first-order valence-electron chi connectivity index (χ1n) is 6.42. The van der Waals surface area contributed by atoms with E-state index in [0.29, 0.717) is 24.8 Å². The minimum absolute atomic E-state index is 0. The van der Waals surface area contributed by atoms with E-state index in [1.807, 2.05) is 0 Å². The molecule has 0 amide bonds. The van der Waals surface area contributed by atoms with Gasteiger partial charge < -0.3 is 10.1 Å². The summed E-state index contributed by atoms with van der Waals surface area (Å²) < 4.78 is 18.7. The van der Waals surface area contributed by atoms with Crippen molar-refractivity contribution in [1.29, 1.82) is 0 Å². The first kappa shape index (κ1) is 13.8. The molecule has 18 heavy (non-hydrogen) atoms. The fourth-order valence-corrected chi connectivity index (χ4v) is 2.94. The maximum atomic E-state index is 12.7. The SMILES string of the molecule is Cl.Fc1ccc(CO[C@H]2C[C@H]3CC[C@@H](C2)N3)cc1. The molecule has 0 aliphatic carbocycles. The number of halogens is 2. The van der Waals surface area contributed by atoms with Gasteiger partial charge in [-0.3, -0.25) is 0 Å². The second kappa shape index (κ2) is 6.00. The quantitative estimate of drug-likeness (QED) is 0.912. The lowest BCUT2D eigenvalue weighted by Gasteiger charge is -2.29. The van der Waals surface area contributed by atoms with Gasteiger partial charge in [-0.1, -0.05) is 12.1 Å². The highest BCUT2D eigenvalue weighted by Gasteiger charge is 2.33. The number of hydrogen-bond donors (Lipinski definition) is 1. The molecule has 0 saturated carbocycles. The number of ether oxygens (including phenoxy) is 1. The molecule has 2 heterocycles. The van der Waals surface area contributed by atoms with Crippen LogP contribution < -0.4 is 5.32 Å². The van der Waals surface area contributed by atoms with Crippen molar-refractivity contribution in [2.45, 2.75) is 50.5 Å². The zero-order valence-electron chi connectivity index (χ0n) is 10.3. The lowest BCUT2D eigenvalue weighted by atomic mass is 10.0. The molecule has 100 valence electrons. The first-order valence-corrected chi connectivity index (χ1v) is 6.42. The van der Waals surface area contributed by atoms with Crippen LogP contribution >= 0.6 is 12.4 Å². The fraction of sp³-hybridized carbons (Fsp3) is 0.571. The van der Waals surface area contributed by atoms with Crippen LogP contribution in [0.1, 0.15) is 31.2 Å². The van der Waals surface area contributed by atoms with Gasteiger partial charge in [0.25, 0.3) is 0 Å². The molecule has 3 atom stereocenters. The minimum atomic E-state index is -0.186. The van der Waals surface area contributed by atoms with Crippen molar-refractivity contribution in [3.8, 4) is 0 Å². The van der Waals surface area contributed by atoms with Gasteiger partial charge >= 0.3 is 0 Å². The van der Waals surface area contributed by atoms with E-state index in [-0.39, 0.29) is 18.2 Å². The minimum Gasteiger partial charge on any atom is -0.373 e. The monoisotopic (exact) mass is 271 g/mol. The highest BCUT2D eigenvalue weighted by molar-refractivity contribution is 5.85. The Kier molecular flexibility index (Phi) is 4.60. The third-order valence-corrected chi connectivity index (χ3v) is 3.83. The Morgan fingerprint density at radius 3 is 2.33 bits per heavy atom. The normalized spacial score (nSPS) is 29.9. The van der Waals surface area contributed by atoms with E-state index in [9.17, 15) is 4.39 Å². The van der Waals surface area contributed by atoms with Gasteiger partial charge in [-0.05, 0) is 43.4 Å². The van der Waals surface area contributed by atoms with Gasteiger partial charge in [-0.25, -0.2) is 4.39 Å². The van der Waals surface area contributed by atoms with Crippen molar-refractivity contribution < 1.29 is 9.13 Å². The summed E-state index contributed by atoms with van der Waals surface area (Å²) in [6.45, 7) is 0.602. The highest BCUT2D eigenvalue weighted by atomic mass is 35.5. The molecule has 1 aromatic rings. The van der Waals surface area contributed by atoms with Crippen molar-refractivity contribution in [3.63, 3.8) is 0 Å². The zero-order chi connectivity index (χ0) is 11.7. The largest absolute Gasteiger partial charge is 0.373 e. The third kappa shape index (κ3) is 3.22. The van der Waals surface area contributed by atoms with E-state index < -0.39 is 0 Å². The van der Waals surface area contributed by atoms with E-state index in [4.69, 9.17) is 4.74 Å². The zero-order valence-corrected chi connectivity index (χ0v) is 11.1. The fourth-order valence-electron chi connectivity index (χ4n) is 2.94. The van der Waals surface area contributed by atoms with E-state index in [1.165, 1.54) is 25.0 Å². The third-order valence-electron chi connectivity index (χ3n) is 3.83. The molecule has 0 spiro atoms. The van der Waals surface area contributed by atoms with Crippen LogP contribution in [0, 0.1) is 5.82 Å². The maximum absolute atomic E-state index is 12.7. The summed E-state index contributed by atoms with van der Waals surface area (Å²) in [6.07, 6.45) is 5.20. The molecule has 2 nitrogen and oxygen atoms in total. The lowest BCUT2D eigenvalue weighted by Crippen LogP contribution is -2.41. The van der Waals surface area contributed by atoms with Crippen LogP contribution in [-0.4, -0.2) is 18.2 Å². The summed E-state index contributed by atoms with van der Waals surface area (Å²) >= 11 is 0. The second-order valence-electron chi connectivity index (χ2n) is 5.17. The smallest absolute Gasteiger partial charge is 0.123 e. The molecule has 2 aliphatic heterocycles. The lowest BCUT2D eigenvalue weighted by molar-refractivity contribution is 0.00915. The summed E-state index contributed by atoms with van der Waals surface area (Å²) in [5.74, 6) is -0.186. The molecule has 0 unspecified atom stereocenters. The average Bonchev–Trinajstić information content (AvgIpc) is 2.68. The molecule has 4 heteroatoms. The van der Waals surface area contributed by atoms with Gasteiger partial charge in [0.15, 0.2) is 0 Å². The molecule has 1 aromatic carbocycles. The second-order valence-corrected chi connectivity index (χ2v) is 5.17. The van der Waals surface area contributed by atoms with Crippen molar-refractivity contribution in [2.24, 2.45) is 0 Å². The predicted octanol–water partition coefficient (Wildman–Crippen LogP) is 3.05. The topological polar surface area (TPSA) is 21.3 Å². The molecule has 1 N–H and O–H groups in total. The Labute approximate surface area is 113 Å². The average molecular weight is 272 g/mol. The molecule has 2 aliphatic rings. The number of hydrogen-bond acceptors (Lipinski definition) is 2. The van der Waals surface area contributed by atoms with Crippen LogP contribution in [0.25, 0.3) is 0 Å². The number of nitrogens with one attached hydrogen (secondary N) is 1. The van der Waals surface area contributed by atoms with Crippen LogP contribution in [-0.2, 0) is 11.3 Å².